The van der Waals surface area contributed by atoms with E-state index in [0.29, 0.717) is 35.5 Å². The second-order valence-corrected chi connectivity index (χ2v) is 8.64. The first kappa shape index (κ1) is 24.6. The molecule has 1 aliphatic rings. The number of amides is 1. The summed E-state index contributed by atoms with van der Waals surface area (Å²) in [7, 11) is 0. The molecule has 1 amide bonds. The molecule has 0 bridgehead atoms. The van der Waals surface area contributed by atoms with E-state index in [1.165, 1.54) is 16.8 Å². The van der Waals surface area contributed by atoms with Crippen molar-refractivity contribution in [3.8, 4) is 0 Å². The lowest BCUT2D eigenvalue weighted by atomic mass is 9.89. The van der Waals surface area contributed by atoms with Crippen molar-refractivity contribution in [3.05, 3.63) is 87.4 Å². The molecular formula is C24H17F6N3OS. The van der Waals surface area contributed by atoms with Crippen molar-refractivity contribution in [1.29, 1.82) is 0 Å². The average molecular weight is 509 g/mol. The molecule has 1 atom stereocenters. The summed E-state index contributed by atoms with van der Waals surface area (Å²) in [6, 6.07) is 8.07. The van der Waals surface area contributed by atoms with Gasteiger partial charge < -0.3 is 5.32 Å². The highest BCUT2D eigenvalue weighted by Gasteiger charge is 2.37. The molecule has 1 aliphatic heterocycles. The fourth-order valence-electron chi connectivity index (χ4n) is 3.56. The van der Waals surface area contributed by atoms with Crippen LogP contribution in [-0.4, -0.2) is 16.6 Å². The second kappa shape index (κ2) is 9.29. The summed E-state index contributed by atoms with van der Waals surface area (Å²) in [5.41, 5.74) is 0.474. The number of anilines is 1. The van der Waals surface area contributed by atoms with Crippen molar-refractivity contribution in [2.24, 2.45) is 10.9 Å². The number of alkyl halides is 6. The molecule has 2 heterocycles. The number of thiazole rings is 1. The van der Waals surface area contributed by atoms with Crippen molar-refractivity contribution in [1.82, 2.24) is 4.98 Å². The van der Waals surface area contributed by atoms with Gasteiger partial charge in [-0.15, -0.1) is 11.3 Å². The molecule has 0 aliphatic carbocycles. The molecule has 4 nitrogen and oxygen atoms in total. The smallest absolute Gasteiger partial charge is 0.321 e. The molecule has 4 rings (SSSR count). The van der Waals surface area contributed by atoms with Gasteiger partial charge in [0.05, 0.1) is 28.0 Å². The van der Waals surface area contributed by atoms with E-state index in [-0.39, 0.29) is 34.9 Å². The van der Waals surface area contributed by atoms with Gasteiger partial charge in [-0.3, -0.25) is 9.79 Å². The Hall–Kier alpha value is -3.47. The quantitative estimate of drug-likeness (QED) is 0.375. The van der Waals surface area contributed by atoms with Crippen LogP contribution in [0.5, 0.6) is 0 Å². The highest BCUT2D eigenvalue weighted by Crippen LogP contribution is 2.38. The molecular weight excluding hydrogens is 492 g/mol. The van der Waals surface area contributed by atoms with Crippen LogP contribution in [0, 0.1) is 5.92 Å². The van der Waals surface area contributed by atoms with E-state index < -0.39 is 23.5 Å². The molecule has 2 aromatic carbocycles. The van der Waals surface area contributed by atoms with E-state index in [2.05, 4.69) is 15.3 Å². The number of rotatable bonds is 4. The number of nitrogens with zero attached hydrogens (tertiary/aromatic N) is 2. The number of carbonyl (C=O) groups excluding carboxylic acids is 1. The van der Waals surface area contributed by atoms with Gasteiger partial charge in [-0.25, -0.2) is 4.98 Å². The van der Waals surface area contributed by atoms with Crippen LogP contribution >= 0.6 is 11.3 Å². The standard InChI is InChI=1S/C24H17F6N3OS/c1-13-2-7-19(14-3-5-18(6-4-14)32-22(34)20-11-35-12-31-20)33-21(13)15-8-16(23(25,26)27)10-17(9-15)24(28,29)30/h3-13H,2H2,1H3,(H,32,34). The summed E-state index contributed by atoms with van der Waals surface area (Å²) in [5, 5.41) is 4.30. The van der Waals surface area contributed by atoms with Crippen LogP contribution in [0.25, 0.3) is 5.70 Å². The topological polar surface area (TPSA) is 54.4 Å². The fourth-order valence-corrected chi connectivity index (χ4v) is 4.10. The maximum Gasteiger partial charge on any atom is 0.416 e. The summed E-state index contributed by atoms with van der Waals surface area (Å²) in [5.74, 6) is -0.769. The van der Waals surface area contributed by atoms with Gasteiger partial charge in [0.15, 0.2) is 0 Å². The molecule has 1 unspecified atom stereocenters. The predicted molar refractivity (Wildman–Crippen MR) is 121 cm³/mol. The monoisotopic (exact) mass is 509 g/mol. The lowest BCUT2D eigenvalue weighted by Gasteiger charge is -2.22. The number of hydrogen-bond acceptors (Lipinski definition) is 4. The number of allylic oxidation sites excluding steroid dienone is 1. The van der Waals surface area contributed by atoms with Crippen LogP contribution in [0.3, 0.4) is 0 Å². The maximum atomic E-state index is 13.3. The van der Waals surface area contributed by atoms with Gasteiger partial charge in [0, 0.05) is 17.0 Å². The van der Waals surface area contributed by atoms with Gasteiger partial charge in [-0.1, -0.05) is 25.1 Å². The van der Waals surface area contributed by atoms with Crippen LogP contribution in [0.4, 0.5) is 32.0 Å². The molecule has 11 heteroatoms. The predicted octanol–water partition coefficient (Wildman–Crippen LogP) is 7.30. The van der Waals surface area contributed by atoms with Crippen LogP contribution in [0.15, 0.2) is 64.4 Å². The van der Waals surface area contributed by atoms with Crippen molar-refractivity contribution < 1.29 is 31.1 Å². The third kappa shape index (κ3) is 5.61. The Morgan fingerprint density at radius 3 is 2.14 bits per heavy atom. The van der Waals surface area contributed by atoms with Gasteiger partial charge >= 0.3 is 12.4 Å². The Kier molecular flexibility index (Phi) is 6.54. The number of aliphatic imine (C=N–C) groups is 1. The fraction of sp³-hybridized carbons (Fsp3) is 0.208. The Balaban J connectivity index is 1.64. The molecule has 1 N–H and O–H groups in total. The van der Waals surface area contributed by atoms with Gasteiger partial charge in [-0.05, 0) is 47.9 Å². The van der Waals surface area contributed by atoms with Gasteiger partial charge in [0.2, 0.25) is 0 Å². The Labute approximate surface area is 200 Å². The summed E-state index contributed by atoms with van der Waals surface area (Å²) in [6.07, 6.45) is -7.72. The van der Waals surface area contributed by atoms with E-state index in [0.717, 1.165) is 0 Å². The van der Waals surface area contributed by atoms with Gasteiger partial charge in [-0.2, -0.15) is 26.3 Å². The van der Waals surface area contributed by atoms with Crippen molar-refractivity contribution in [2.45, 2.75) is 25.7 Å². The zero-order chi connectivity index (χ0) is 25.4. The highest BCUT2D eigenvalue weighted by atomic mass is 32.1. The molecule has 0 spiro atoms. The van der Waals surface area contributed by atoms with Crippen LogP contribution in [0.1, 0.15) is 46.1 Å². The number of carbonyl (C=O) groups is 1. The first-order chi connectivity index (χ1) is 16.4. The van der Waals surface area contributed by atoms with Gasteiger partial charge in [0.25, 0.3) is 5.91 Å². The molecule has 3 aromatic rings. The van der Waals surface area contributed by atoms with Gasteiger partial charge in [0.1, 0.15) is 5.69 Å². The number of benzene rings is 2. The molecule has 0 fully saturated rings. The minimum atomic E-state index is -4.94. The number of hydrogen-bond donors (Lipinski definition) is 1. The molecule has 0 saturated carbocycles. The third-order valence-corrected chi connectivity index (χ3v) is 5.95. The Bertz CT molecular complexity index is 1260. The molecule has 0 saturated heterocycles. The Morgan fingerprint density at radius 1 is 0.971 bits per heavy atom. The molecule has 0 radical (unpaired) electrons. The summed E-state index contributed by atoms with van der Waals surface area (Å²) < 4.78 is 79.8. The zero-order valence-electron chi connectivity index (χ0n) is 18.0. The Morgan fingerprint density at radius 2 is 1.60 bits per heavy atom. The number of nitrogens with one attached hydrogen (secondary N) is 1. The van der Waals surface area contributed by atoms with E-state index in [4.69, 9.17) is 0 Å². The van der Waals surface area contributed by atoms with E-state index in [9.17, 15) is 31.1 Å². The lowest BCUT2D eigenvalue weighted by molar-refractivity contribution is -0.143. The van der Waals surface area contributed by atoms with Crippen molar-refractivity contribution in [2.75, 3.05) is 5.32 Å². The van der Waals surface area contributed by atoms with E-state index in [1.54, 1.807) is 42.6 Å². The summed E-state index contributed by atoms with van der Waals surface area (Å²) >= 11 is 1.28. The first-order valence-electron chi connectivity index (χ1n) is 10.3. The normalized spacial score (nSPS) is 16.5. The highest BCUT2D eigenvalue weighted by molar-refractivity contribution is 7.07. The molecule has 182 valence electrons. The lowest BCUT2D eigenvalue weighted by Crippen LogP contribution is -2.19. The minimum Gasteiger partial charge on any atom is -0.321 e. The average Bonchev–Trinajstić information content (AvgIpc) is 3.34. The zero-order valence-corrected chi connectivity index (χ0v) is 18.9. The van der Waals surface area contributed by atoms with Crippen molar-refractivity contribution in [3.63, 3.8) is 0 Å². The minimum absolute atomic E-state index is 0.104. The van der Waals surface area contributed by atoms with Crippen LogP contribution in [0.2, 0.25) is 0 Å². The summed E-state index contributed by atoms with van der Waals surface area (Å²) in [4.78, 5) is 20.5. The first-order valence-corrected chi connectivity index (χ1v) is 11.2. The number of halogens is 6. The largest absolute Gasteiger partial charge is 0.416 e. The number of aromatic nitrogens is 1. The van der Waals surface area contributed by atoms with Crippen LogP contribution in [-0.2, 0) is 12.4 Å². The summed E-state index contributed by atoms with van der Waals surface area (Å²) in [6.45, 7) is 1.69. The van der Waals surface area contributed by atoms with E-state index in [1.807, 2.05) is 0 Å². The molecule has 1 aromatic heterocycles. The SMILES string of the molecule is CC1CC=C(c2ccc(NC(=O)c3cscn3)cc2)N=C1c1cc(C(F)(F)F)cc(C(F)(F)F)c1. The maximum absolute atomic E-state index is 13.3. The van der Waals surface area contributed by atoms with Crippen molar-refractivity contribution >= 4 is 34.3 Å². The van der Waals surface area contributed by atoms with Crippen LogP contribution < -0.4 is 5.32 Å². The molecule has 35 heavy (non-hydrogen) atoms. The van der Waals surface area contributed by atoms with E-state index >= 15 is 0 Å². The second-order valence-electron chi connectivity index (χ2n) is 7.92. The third-order valence-electron chi connectivity index (χ3n) is 5.36.